The number of piperazine rings is 1. The molecule has 0 radical (unpaired) electrons. The van der Waals surface area contributed by atoms with Crippen molar-refractivity contribution in [2.45, 2.75) is 67.8 Å². The molecule has 1 fully saturated rings. The van der Waals surface area contributed by atoms with Crippen LogP contribution in [0.15, 0.2) is 125 Å². The number of nitrogens with one attached hydrogen (secondary N) is 1. The van der Waals surface area contributed by atoms with E-state index in [4.69, 9.17) is 4.43 Å². The highest BCUT2D eigenvalue weighted by molar-refractivity contribution is 7.92. The Morgan fingerprint density at radius 2 is 1.38 bits per heavy atom. The second-order valence-corrected chi connectivity index (χ2v) is 28.4. The van der Waals surface area contributed by atoms with Crippen LogP contribution in [0.1, 0.15) is 32.8 Å². The summed E-state index contributed by atoms with van der Waals surface area (Å²) in [5, 5.41) is 5.89. The molecular formula is C41H49N3O5S2Si2. The molecule has 1 aromatic heterocycles. The third-order valence-electron chi connectivity index (χ3n) is 9.61. The van der Waals surface area contributed by atoms with Gasteiger partial charge in [0.2, 0.25) is 0 Å². The third-order valence-corrected chi connectivity index (χ3v) is 19.2. The maximum atomic E-state index is 14.6. The van der Waals surface area contributed by atoms with E-state index in [1.807, 2.05) is 12.1 Å². The zero-order chi connectivity index (χ0) is 38.1. The smallest absolute Gasteiger partial charge is 0.269 e. The quantitative estimate of drug-likeness (QED) is 0.137. The van der Waals surface area contributed by atoms with E-state index < -0.39 is 36.4 Å². The average Bonchev–Trinajstić information content (AvgIpc) is 3.54. The predicted molar refractivity (Wildman–Crippen MR) is 220 cm³/mol. The van der Waals surface area contributed by atoms with Gasteiger partial charge < -0.3 is 9.74 Å². The summed E-state index contributed by atoms with van der Waals surface area (Å²) >= 11 is 0. The Kier molecular flexibility index (Phi) is 11.1. The molecule has 1 N–H and O–H groups in total. The molecule has 1 aliphatic heterocycles. The van der Waals surface area contributed by atoms with Gasteiger partial charge in [0.15, 0.2) is 5.03 Å². The summed E-state index contributed by atoms with van der Waals surface area (Å²) < 4.78 is 67.3. The second-order valence-electron chi connectivity index (χ2n) is 15.7. The number of hydrogen-bond donors (Lipinski definition) is 1. The number of sulfonamides is 1. The van der Waals surface area contributed by atoms with Crippen molar-refractivity contribution < 1.29 is 21.3 Å². The fraction of sp³-hybridized carbons (Fsp3) is 0.317. The standard InChI is InChI=1S/C41H49N3O5S2Si2/c1-41(2,3)53(37-18-12-8-13-19-37,38-20-14-9-15-21-38)49-28-24-35-32-43(27-26-42-35)51(47,48)40-31-34-30-33(25-29-52(4,5)6)22-23-39(34)44(40)50(45,46)36-16-10-7-11-17-36/h7-23,30-31,35,42H,24,26-28,32H2,1-6H3. The average molecular weight is 784 g/mol. The lowest BCUT2D eigenvalue weighted by Crippen LogP contribution is -2.66. The first-order chi connectivity index (χ1) is 25.0. The van der Waals surface area contributed by atoms with Crippen molar-refractivity contribution in [1.82, 2.24) is 13.6 Å². The molecule has 1 unspecified atom stereocenters. The van der Waals surface area contributed by atoms with E-state index in [0.29, 0.717) is 30.5 Å². The molecule has 1 aliphatic rings. The Morgan fingerprint density at radius 3 is 1.94 bits per heavy atom. The first-order valence-corrected chi connectivity index (χ1v) is 26.3. The summed E-state index contributed by atoms with van der Waals surface area (Å²) in [5.41, 5.74) is 4.34. The van der Waals surface area contributed by atoms with Gasteiger partial charge in [-0.05, 0) is 58.2 Å². The number of hydrogen-bond acceptors (Lipinski definition) is 6. The maximum absolute atomic E-state index is 14.6. The third kappa shape index (κ3) is 8.03. The normalized spacial score (nSPS) is 16.3. The summed E-state index contributed by atoms with van der Waals surface area (Å²) in [5.74, 6) is 3.22. The second kappa shape index (κ2) is 15.1. The van der Waals surface area contributed by atoms with Gasteiger partial charge in [-0.1, -0.05) is 125 Å². The lowest BCUT2D eigenvalue weighted by molar-refractivity contribution is 0.232. The van der Waals surface area contributed by atoms with Crippen LogP contribution in [-0.4, -0.2) is 73.8 Å². The van der Waals surface area contributed by atoms with E-state index in [1.54, 1.807) is 36.4 Å². The number of aromatic nitrogens is 1. The summed E-state index contributed by atoms with van der Waals surface area (Å²) in [4.78, 5) is 0.00946. The summed E-state index contributed by atoms with van der Waals surface area (Å²) in [7, 11) is -13.0. The lowest BCUT2D eigenvalue weighted by atomic mass is 10.2. The molecule has 278 valence electrons. The van der Waals surface area contributed by atoms with E-state index in [-0.39, 0.29) is 39.6 Å². The highest BCUT2D eigenvalue weighted by atomic mass is 32.2. The topological polar surface area (TPSA) is 97.7 Å². The van der Waals surface area contributed by atoms with Gasteiger partial charge in [-0.15, -0.1) is 5.54 Å². The van der Waals surface area contributed by atoms with Gasteiger partial charge in [0.25, 0.3) is 28.4 Å². The van der Waals surface area contributed by atoms with Crippen molar-refractivity contribution in [3.63, 3.8) is 0 Å². The molecule has 0 bridgehead atoms. The van der Waals surface area contributed by atoms with E-state index in [2.05, 4.69) is 106 Å². The van der Waals surface area contributed by atoms with Gasteiger partial charge in [-0.2, -0.15) is 4.31 Å². The number of nitrogens with zero attached hydrogens (tertiary/aromatic N) is 2. The molecular weight excluding hydrogens is 735 g/mol. The fourth-order valence-electron chi connectivity index (χ4n) is 7.08. The van der Waals surface area contributed by atoms with E-state index in [1.165, 1.54) is 32.9 Å². The fourth-order valence-corrected chi connectivity index (χ4v) is 15.7. The van der Waals surface area contributed by atoms with Crippen molar-refractivity contribution in [1.29, 1.82) is 0 Å². The molecule has 0 aliphatic carbocycles. The zero-order valence-corrected chi connectivity index (χ0v) is 35.0. The SMILES string of the molecule is CC(C)(C)[Si](OCCC1CN(S(=O)(=O)c2cc3cc(C#C[Si](C)(C)C)ccc3n2S(=O)(=O)c2ccccc2)CCN1)(c1ccccc1)c1ccccc1. The molecule has 4 aromatic carbocycles. The Hall–Kier alpha value is -3.81. The van der Waals surface area contributed by atoms with Crippen molar-refractivity contribution in [3.8, 4) is 11.5 Å². The lowest BCUT2D eigenvalue weighted by Gasteiger charge is -2.43. The molecule has 2 heterocycles. The van der Waals surface area contributed by atoms with Gasteiger partial charge in [0.1, 0.15) is 8.07 Å². The van der Waals surface area contributed by atoms with Crippen molar-refractivity contribution in [3.05, 3.63) is 121 Å². The Labute approximate surface area is 317 Å². The maximum Gasteiger partial charge on any atom is 0.269 e. The molecule has 5 aromatic rings. The minimum atomic E-state index is -4.28. The zero-order valence-electron chi connectivity index (χ0n) is 31.3. The van der Waals surface area contributed by atoms with Gasteiger partial charge in [-0.25, -0.2) is 20.8 Å². The largest absolute Gasteiger partial charge is 0.407 e. The molecule has 6 rings (SSSR count). The molecule has 12 heteroatoms. The minimum absolute atomic E-state index is 0.00946. The van der Waals surface area contributed by atoms with Crippen LogP contribution in [0.5, 0.6) is 0 Å². The molecule has 0 spiro atoms. The number of rotatable bonds is 10. The summed E-state index contributed by atoms with van der Waals surface area (Å²) in [6.45, 7) is 14.4. The van der Waals surface area contributed by atoms with E-state index in [9.17, 15) is 16.8 Å². The monoisotopic (exact) mass is 783 g/mol. The molecule has 0 amide bonds. The predicted octanol–water partition coefficient (Wildman–Crippen LogP) is 6.04. The molecule has 8 nitrogen and oxygen atoms in total. The summed E-state index contributed by atoms with van der Waals surface area (Å²) in [6, 6.07) is 35.3. The summed E-state index contributed by atoms with van der Waals surface area (Å²) in [6.07, 6.45) is 0.570. The highest BCUT2D eigenvalue weighted by Crippen LogP contribution is 2.37. The van der Waals surface area contributed by atoms with Crippen LogP contribution in [0, 0.1) is 11.5 Å². The van der Waals surface area contributed by atoms with Crippen molar-refractivity contribution >= 4 is 57.7 Å². The van der Waals surface area contributed by atoms with Crippen molar-refractivity contribution in [2.75, 3.05) is 26.2 Å². The first-order valence-electron chi connectivity index (χ1n) is 18.0. The molecule has 0 saturated carbocycles. The van der Waals surface area contributed by atoms with Gasteiger partial charge in [0.05, 0.1) is 10.4 Å². The van der Waals surface area contributed by atoms with Crippen LogP contribution in [-0.2, 0) is 24.5 Å². The van der Waals surface area contributed by atoms with Gasteiger partial charge in [0, 0.05) is 43.2 Å². The van der Waals surface area contributed by atoms with Crippen LogP contribution >= 0.6 is 0 Å². The Bertz CT molecular complexity index is 2300. The van der Waals surface area contributed by atoms with Gasteiger partial charge in [-0.3, -0.25) is 0 Å². The number of benzene rings is 4. The number of fused-ring (bicyclic) bond motifs is 1. The van der Waals surface area contributed by atoms with E-state index >= 15 is 0 Å². The van der Waals surface area contributed by atoms with Crippen LogP contribution in [0.2, 0.25) is 24.7 Å². The van der Waals surface area contributed by atoms with Crippen LogP contribution < -0.4 is 15.7 Å². The van der Waals surface area contributed by atoms with Crippen LogP contribution in [0.25, 0.3) is 10.9 Å². The molecule has 1 atom stereocenters. The molecule has 53 heavy (non-hydrogen) atoms. The van der Waals surface area contributed by atoms with Crippen LogP contribution in [0.4, 0.5) is 0 Å². The van der Waals surface area contributed by atoms with E-state index in [0.717, 1.165) is 3.97 Å². The van der Waals surface area contributed by atoms with Gasteiger partial charge >= 0.3 is 0 Å². The first kappa shape index (κ1) is 38.9. The Balaban J connectivity index is 1.32. The molecule has 1 saturated heterocycles. The van der Waals surface area contributed by atoms with Crippen LogP contribution in [0.3, 0.4) is 0 Å². The van der Waals surface area contributed by atoms with Crippen molar-refractivity contribution in [2.24, 2.45) is 0 Å². The highest BCUT2D eigenvalue weighted by Gasteiger charge is 2.50. The Morgan fingerprint density at radius 1 is 0.792 bits per heavy atom. The minimum Gasteiger partial charge on any atom is -0.407 e.